The molecule has 0 saturated carbocycles. The van der Waals surface area contributed by atoms with Gasteiger partial charge in [0.1, 0.15) is 7.63 Å². The maximum atomic E-state index is 12.1. The van der Waals surface area contributed by atoms with E-state index in [0.717, 1.165) is 17.0 Å². The number of carbonyl (C=O) groups is 3. The average Bonchev–Trinajstić information content (AvgIpc) is 2.45. The van der Waals surface area contributed by atoms with Gasteiger partial charge in [-0.3, -0.25) is 14.4 Å². The molecule has 1 aromatic carbocycles. The van der Waals surface area contributed by atoms with Crippen LogP contribution in [0, 0.1) is 0 Å². The summed E-state index contributed by atoms with van der Waals surface area (Å²) in [6.45, 7) is 6.58. The number of aldehydes is 1. The van der Waals surface area contributed by atoms with Gasteiger partial charge in [-0.25, -0.2) is 0 Å². The molecule has 1 aliphatic heterocycles. The van der Waals surface area contributed by atoms with Crippen LogP contribution >= 0.6 is 0 Å². The number of ketones is 2. The zero-order valence-electron chi connectivity index (χ0n) is 14.1. The zero-order chi connectivity index (χ0) is 17.3. The van der Waals surface area contributed by atoms with Gasteiger partial charge in [0.25, 0.3) is 0 Å². The SMILES string of the molecule is [2H]C(=O)c1ccc(C2C(C(C)=O)=C(C)NC(C)=C2C(C)=O)cc1. The normalized spacial score (nSPS) is 16.3. The largest absolute Gasteiger partial charge is 0.362 e. The summed E-state index contributed by atoms with van der Waals surface area (Å²) in [4.78, 5) is 35.4. The molecule has 1 N–H and O–H groups in total. The molecule has 1 heterocycles. The first-order valence-electron chi connectivity index (χ1n) is 7.55. The minimum Gasteiger partial charge on any atom is -0.362 e. The van der Waals surface area contributed by atoms with E-state index in [1.165, 1.54) is 13.8 Å². The van der Waals surface area contributed by atoms with E-state index in [-0.39, 0.29) is 17.1 Å². The van der Waals surface area contributed by atoms with Gasteiger partial charge in [0.15, 0.2) is 11.6 Å². The molecular weight excluding hydrogens is 278 g/mol. The highest BCUT2D eigenvalue weighted by Gasteiger charge is 2.33. The first-order chi connectivity index (χ1) is 10.7. The molecule has 0 radical (unpaired) electrons. The van der Waals surface area contributed by atoms with E-state index >= 15 is 0 Å². The molecule has 0 aliphatic carbocycles. The third-order valence-electron chi connectivity index (χ3n) is 3.88. The third-order valence-corrected chi connectivity index (χ3v) is 3.88. The summed E-state index contributed by atoms with van der Waals surface area (Å²) in [6.07, 6.45) is -0.765. The topological polar surface area (TPSA) is 63.2 Å². The van der Waals surface area contributed by atoms with Crippen molar-refractivity contribution in [1.29, 1.82) is 0 Å². The summed E-state index contributed by atoms with van der Waals surface area (Å²) < 4.78 is 7.14. The number of Topliss-reactive ketones (excluding diaryl/α,β-unsaturated/α-hetero) is 2. The van der Waals surface area contributed by atoms with E-state index in [4.69, 9.17) is 1.37 Å². The second-order valence-corrected chi connectivity index (χ2v) is 5.47. The summed E-state index contributed by atoms with van der Waals surface area (Å²) >= 11 is 0. The summed E-state index contributed by atoms with van der Waals surface area (Å²) in [5, 5.41) is 3.10. The van der Waals surface area contributed by atoms with Crippen LogP contribution in [0.1, 0.15) is 50.9 Å². The lowest BCUT2D eigenvalue weighted by Crippen LogP contribution is -2.29. The van der Waals surface area contributed by atoms with Crippen LogP contribution in [-0.2, 0) is 9.59 Å². The lowest BCUT2D eigenvalue weighted by Gasteiger charge is -2.30. The van der Waals surface area contributed by atoms with Gasteiger partial charge in [0.2, 0.25) is 0 Å². The Bertz CT molecular complexity index is 721. The maximum absolute atomic E-state index is 12.1. The predicted molar refractivity (Wildman–Crippen MR) is 84.5 cm³/mol. The fourth-order valence-corrected chi connectivity index (χ4v) is 3.00. The number of hydrogen-bond donors (Lipinski definition) is 1. The van der Waals surface area contributed by atoms with E-state index < -0.39 is 12.2 Å². The van der Waals surface area contributed by atoms with Gasteiger partial charge in [-0.05, 0) is 33.3 Å². The van der Waals surface area contributed by atoms with Crippen LogP contribution in [0.4, 0.5) is 0 Å². The van der Waals surface area contributed by atoms with Crippen LogP contribution in [0.5, 0.6) is 0 Å². The highest BCUT2D eigenvalue weighted by atomic mass is 16.1. The smallest absolute Gasteiger partial charge is 0.158 e. The number of rotatable bonds is 4. The minimum absolute atomic E-state index is 0.105. The Kier molecular flexibility index (Phi) is 4.00. The number of nitrogens with one attached hydrogen (secondary N) is 1. The Morgan fingerprint density at radius 1 is 1.05 bits per heavy atom. The van der Waals surface area contributed by atoms with Gasteiger partial charge < -0.3 is 5.32 Å². The van der Waals surface area contributed by atoms with Crippen LogP contribution in [0.2, 0.25) is 0 Å². The lowest BCUT2D eigenvalue weighted by molar-refractivity contribution is -0.114. The molecule has 0 spiro atoms. The highest BCUT2D eigenvalue weighted by Crippen LogP contribution is 2.38. The molecule has 1 aromatic rings. The first-order valence-corrected chi connectivity index (χ1v) is 7.05. The van der Waals surface area contributed by atoms with Crippen molar-refractivity contribution in [3.8, 4) is 0 Å². The van der Waals surface area contributed by atoms with E-state index in [0.29, 0.717) is 11.1 Å². The summed E-state index contributed by atoms with van der Waals surface area (Å²) in [6, 6.07) is 6.49. The summed E-state index contributed by atoms with van der Waals surface area (Å²) in [5.74, 6) is -0.667. The van der Waals surface area contributed by atoms with Crippen molar-refractivity contribution in [2.75, 3.05) is 0 Å². The number of allylic oxidation sites excluding steroid dienone is 4. The average molecular weight is 298 g/mol. The van der Waals surface area contributed by atoms with Crippen molar-refractivity contribution in [2.24, 2.45) is 0 Å². The van der Waals surface area contributed by atoms with Crippen LogP contribution in [0.25, 0.3) is 0 Å². The zero-order valence-corrected chi connectivity index (χ0v) is 13.1. The predicted octanol–water partition coefficient (Wildman–Crippen LogP) is 2.91. The number of dihydropyridines is 1. The van der Waals surface area contributed by atoms with Gasteiger partial charge >= 0.3 is 0 Å². The minimum atomic E-state index is -0.765. The lowest BCUT2D eigenvalue weighted by atomic mass is 9.77. The Balaban J connectivity index is 2.64. The van der Waals surface area contributed by atoms with Crippen molar-refractivity contribution < 1.29 is 15.8 Å². The fraction of sp³-hybridized carbons (Fsp3) is 0.278. The van der Waals surface area contributed by atoms with Crippen molar-refractivity contribution in [3.05, 3.63) is 57.9 Å². The van der Waals surface area contributed by atoms with Gasteiger partial charge in [-0.2, -0.15) is 0 Å². The van der Waals surface area contributed by atoms with Crippen LogP contribution < -0.4 is 5.32 Å². The van der Waals surface area contributed by atoms with E-state index in [9.17, 15) is 14.4 Å². The van der Waals surface area contributed by atoms with Gasteiger partial charge in [-0.15, -0.1) is 0 Å². The molecule has 0 amide bonds. The van der Waals surface area contributed by atoms with E-state index in [2.05, 4.69) is 5.32 Å². The molecule has 4 heteroatoms. The molecule has 0 saturated heterocycles. The van der Waals surface area contributed by atoms with Crippen molar-refractivity contribution in [1.82, 2.24) is 5.32 Å². The number of benzene rings is 1. The van der Waals surface area contributed by atoms with E-state index in [1.807, 2.05) is 13.8 Å². The summed E-state index contributed by atoms with van der Waals surface area (Å²) in [5.41, 5.74) is 3.58. The monoisotopic (exact) mass is 298 g/mol. The molecule has 114 valence electrons. The molecule has 4 nitrogen and oxygen atoms in total. The molecule has 0 bridgehead atoms. The maximum Gasteiger partial charge on any atom is 0.158 e. The molecule has 0 fully saturated rings. The number of hydrogen-bond acceptors (Lipinski definition) is 4. The van der Waals surface area contributed by atoms with Crippen LogP contribution in [-0.4, -0.2) is 17.8 Å². The first kappa shape index (κ1) is 14.4. The third kappa shape index (κ3) is 2.77. The molecule has 0 unspecified atom stereocenters. The molecular formula is C18H19NO3. The molecule has 1 aliphatic rings. The second-order valence-electron chi connectivity index (χ2n) is 5.47. The molecule has 0 aromatic heterocycles. The Morgan fingerprint density at radius 2 is 1.50 bits per heavy atom. The quantitative estimate of drug-likeness (QED) is 0.868. The van der Waals surface area contributed by atoms with Crippen LogP contribution in [0.15, 0.2) is 46.8 Å². The fourth-order valence-electron chi connectivity index (χ4n) is 3.00. The standard InChI is InChI=1S/C18H19NO3/c1-10-16(12(3)21)18(17(13(4)22)11(2)19-10)15-7-5-14(9-20)6-8-15/h5-9,18-19H,1-4H3/i9D. The highest BCUT2D eigenvalue weighted by molar-refractivity contribution is 6.03. The Hall–Kier alpha value is -2.49. The van der Waals surface area contributed by atoms with Gasteiger partial charge in [0.05, 0.1) is 0 Å². The van der Waals surface area contributed by atoms with Crippen molar-refractivity contribution >= 4 is 17.8 Å². The van der Waals surface area contributed by atoms with Crippen molar-refractivity contribution in [3.63, 3.8) is 0 Å². The van der Waals surface area contributed by atoms with Crippen molar-refractivity contribution in [2.45, 2.75) is 33.6 Å². The van der Waals surface area contributed by atoms with E-state index in [1.54, 1.807) is 24.3 Å². The summed E-state index contributed by atoms with van der Waals surface area (Å²) in [7, 11) is 0. The second kappa shape index (κ2) is 6.10. The molecule has 22 heavy (non-hydrogen) atoms. The Labute approximate surface area is 131 Å². The molecule has 0 atom stereocenters. The van der Waals surface area contributed by atoms with Crippen LogP contribution in [0.3, 0.4) is 0 Å². The molecule has 2 rings (SSSR count). The number of carbonyl (C=O) groups excluding carboxylic acids is 3. The van der Waals surface area contributed by atoms with Gasteiger partial charge in [0, 0.05) is 34.0 Å². The Morgan fingerprint density at radius 3 is 1.86 bits per heavy atom. The van der Waals surface area contributed by atoms with Gasteiger partial charge in [-0.1, -0.05) is 24.3 Å².